The van der Waals surface area contributed by atoms with Crippen LogP contribution in [0.1, 0.15) is 12.8 Å². The third-order valence-electron chi connectivity index (χ3n) is 2.88. The molecule has 11 heavy (non-hydrogen) atoms. The first-order valence-corrected chi connectivity index (χ1v) is 4.32. The summed E-state index contributed by atoms with van der Waals surface area (Å²) < 4.78 is 5.30. The van der Waals surface area contributed by atoms with Crippen LogP contribution < -0.4 is 5.32 Å². The Kier molecular flexibility index (Phi) is 1.87. The van der Waals surface area contributed by atoms with Crippen LogP contribution >= 0.6 is 0 Å². The quantitative estimate of drug-likeness (QED) is 0.509. The molecule has 0 saturated carbocycles. The summed E-state index contributed by atoms with van der Waals surface area (Å²) in [6.45, 7) is 3.32. The van der Waals surface area contributed by atoms with Gasteiger partial charge in [-0.1, -0.05) is 0 Å². The predicted octanol–water partition coefficient (Wildman–Crippen LogP) is -0.253. The van der Waals surface area contributed by atoms with Crippen molar-refractivity contribution in [3.63, 3.8) is 0 Å². The van der Waals surface area contributed by atoms with E-state index in [0.29, 0.717) is 5.92 Å². The Morgan fingerprint density at radius 1 is 1.45 bits per heavy atom. The minimum absolute atomic E-state index is 0.324. The van der Waals surface area contributed by atoms with Crippen LogP contribution in [0.15, 0.2) is 0 Å². The molecule has 64 valence electrons. The van der Waals surface area contributed by atoms with Crippen molar-refractivity contribution in [2.75, 3.05) is 26.3 Å². The van der Waals surface area contributed by atoms with Crippen LogP contribution in [-0.4, -0.2) is 37.0 Å². The van der Waals surface area contributed by atoms with Crippen molar-refractivity contribution in [3.05, 3.63) is 0 Å². The van der Waals surface area contributed by atoms with E-state index >= 15 is 0 Å². The van der Waals surface area contributed by atoms with Crippen LogP contribution in [0.3, 0.4) is 0 Å². The maximum absolute atomic E-state index is 10.1. The minimum atomic E-state index is -0.413. The lowest BCUT2D eigenvalue weighted by Crippen LogP contribution is -2.54. The summed E-state index contributed by atoms with van der Waals surface area (Å²) in [7, 11) is 0. The molecule has 0 amide bonds. The van der Waals surface area contributed by atoms with Crippen LogP contribution in [0.5, 0.6) is 0 Å². The molecule has 3 nitrogen and oxygen atoms in total. The van der Waals surface area contributed by atoms with Gasteiger partial charge in [-0.25, -0.2) is 0 Å². The number of hydrogen-bond donors (Lipinski definition) is 2. The lowest BCUT2D eigenvalue weighted by molar-refractivity contribution is -0.125. The number of nitrogens with one attached hydrogen (secondary N) is 1. The molecule has 0 spiro atoms. The normalized spacial score (nSPS) is 45.0. The van der Waals surface area contributed by atoms with Crippen molar-refractivity contribution in [1.29, 1.82) is 0 Å². The second-order valence-electron chi connectivity index (χ2n) is 3.58. The number of fused-ring (bicyclic) bond motifs is 1. The first-order chi connectivity index (χ1) is 5.31. The Labute approximate surface area is 66.7 Å². The van der Waals surface area contributed by atoms with Gasteiger partial charge in [-0.3, -0.25) is 0 Å². The maximum Gasteiger partial charge on any atom is 0.0743 e. The number of rotatable bonds is 0. The van der Waals surface area contributed by atoms with Gasteiger partial charge >= 0.3 is 0 Å². The smallest absolute Gasteiger partial charge is 0.0743 e. The zero-order valence-electron chi connectivity index (χ0n) is 6.68. The summed E-state index contributed by atoms with van der Waals surface area (Å²) in [6.07, 6.45) is 1.71. The number of hydrogen-bond acceptors (Lipinski definition) is 3. The monoisotopic (exact) mass is 157 g/mol. The Balaban J connectivity index is 2.06. The number of ether oxygens (including phenoxy) is 1. The fourth-order valence-corrected chi connectivity index (χ4v) is 1.99. The van der Waals surface area contributed by atoms with Gasteiger partial charge in [-0.2, -0.15) is 0 Å². The minimum Gasteiger partial charge on any atom is -0.389 e. The standard InChI is InChI=1S/C8H15NO2/c10-8-1-3-9-5-7(8)6-11-4-2-8/h7,9-10H,1-6H2/t7-,8-/m0/s1. The lowest BCUT2D eigenvalue weighted by Gasteiger charge is -2.43. The molecular weight excluding hydrogens is 142 g/mol. The molecule has 2 N–H and O–H groups in total. The lowest BCUT2D eigenvalue weighted by atomic mass is 9.78. The van der Waals surface area contributed by atoms with Gasteiger partial charge in [0.25, 0.3) is 0 Å². The second kappa shape index (κ2) is 2.73. The van der Waals surface area contributed by atoms with Gasteiger partial charge in [-0.05, 0) is 19.4 Å². The van der Waals surface area contributed by atoms with E-state index in [1.807, 2.05) is 0 Å². The molecule has 0 aliphatic carbocycles. The van der Waals surface area contributed by atoms with E-state index in [-0.39, 0.29) is 0 Å². The fourth-order valence-electron chi connectivity index (χ4n) is 1.99. The summed E-state index contributed by atoms with van der Waals surface area (Å²) in [4.78, 5) is 0. The Morgan fingerprint density at radius 2 is 2.36 bits per heavy atom. The zero-order valence-corrected chi connectivity index (χ0v) is 6.68. The van der Waals surface area contributed by atoms with Gasteiger partial charge in [0.05, 0.1) is 12.2 Å². The van der Waals surface area contributed by atoms with Gasteiger partial charge in [0.2, 0.25) is 0 Å². The van der Waals surface area contributed by atoms with Gasteiger partial charge in [0, 0.05) is 19.1 Å². The third-order valence-corrected chi connectivity index (χ3v) is 2.88. The molecule has 0 aromatic rings. The Morgan fingerprint density at radius 3 is 3.18 bits per heavy atom. The van der Waals surface area contributed by atoms with Gasteiger partial charge in [0.1, 0.15) is 0 Å². The molecule has 2 atom stereocenters. The summed E-state index contributed by atoms with van der Waals surface area (Å²) in [5.74, 6) is 0.324. The zero-order chi connectivity index (χ0) is 7.73. The number of piperidine rings is 1. The van der Waals surface area contributed by atoms with Crippen molar-refractivity contribution < 1.29 is 9.84 Å². The van der Waals surface area contributed by atoms with Gasteiger partial charge in [-0.15, -0.1) is 0 Å². The maximum atomic E-state index is 10.1. The Hall–Kier alpha value is -0.120. The van der Waals surface area contributed by atoms with Gasteiger partial charge in [0.15, 0.2) is 0 Å². The summed E-state index contributed by atoms with van der Waals surface area (Å²) in [5.41, 5.74) is -0.413. The van der Waals surface area contributed by atoms with E-state index in [2.05, 4.69) is 5.32 Å². The predicted molar refractivity (Wildman–Crippen MR) is 41.4 cm³/mol. The average Bonchev–Trinajstić information content (AvgIpc) is 2.03. The molecule has 2 saturated heterocycles. The Bertz CT molecular complexity index is 137. The first kappa shape index (κ1) is 7.53. The molecule has 0 radical (unpaired) electrons. The highest BCUT2D eigenvalue weighted by Crippen LogP contribution is 2.31. The molecular formula is C8H15NO2. The van der Waals surface area contributed by atoms with Crippen molar-refractivity contribution in [2.24, 2.45) is 5.92 Å². The fraction of sp³-hybridized carbons (Fsp3) is 1.00. The highest BCUT2D eigenvalue weighted by Gasteiger charge is 2.40. The van der Waals surface area contributed by atoms with E-state index in [9.17, 15) is 5.11 Å². The largest absolute Gasteiger partial charge is 0.389 e. The van der Waals surface area contributed by atoms with Crippen LogP contribution in [0.4, 0.5) is 0 Å². The van der Waals surface area contributed by atoms with E-state index in [4.69, 9.17) is 4.74 Å². The summed E-state index contributed by atoms with van der Waals surface area (Å²) in [5, 5.41) is 13.3. The van der Waals surface area contributed by atoms with Crippen molar-refractivity contribution >= 4 is 0 Å². The number of aliphatic hydroxyl groups is 1. The van der Waals surface area contributed by atoms with Crippen molar-refractivity contribution in [1.82, 2.24) is 5.32 Å². The van der Waals surface area contributed by atoms with E-state index in [0.717, 1.165) is 39.1 Å². The van der Waals surface area contributed by atoms with Crippen LogP contribution in [0.25, 0.3) is 0 Å². The van der Waals surface area contributed by atoms with Crippen molar-refractivity contribution in [2.45, 2.75) is 18.4 Å². The van der Waals surface area contributed by atoms with E-state index < -0.39 is 5.60 Å². The molecule has 0 bridgehead atoms. The van der Waals surface area contributed by atoms with E-state index in [1.165, 1.54) is 0 Å². The molecule has 0 aromatic heterocycles. The third kappa shape index (κ3) is 1.28. The highest BCUT2D eigenvalue weighted by atomic mass is 16.5. The molecule has 2 aliphatic heterocycles. The first-order valence-electron chi connectivity index (χ1n) is 4.32. The average molecular weight is 157 g/mol. The van der Waals surface area contributed by atoms with Crippen molar-refractivity contribution in [3.8, 4) is 0 Å². The molecule has 2 fully saturated rings. The SMILES string of the molecule is O[C@]12CCNC[C@H]1COCC2. The van der Waals surface area contributed by atoms with Crippen LogP contribution in [-0.2, 0) is 4.74 Å². The highest BCUT2D eigenvalue weighted by molar-refractivity contribution is 4.93. The van der Waals surface area contributed by atoms with Gasteiger partial charge < -0.3 is 15.2 Å². The molecule has 2 rings (SSSR count). The summed E-state index contributed by atoms with van der Waals surface area (Å²) in [6, 6.07) is 0. The van der Waals surface area contributed by atoms with Crippen LogP contribution in [0.2, 0.25) is 0 Å². The second-order valence-corrected chi connectivity index (χ2v) is 3.58. The molecule has 2 aliphatic rings. The molecule has 0 unspecified atom stereocenters. The topological polar surface area (TPSA) is 41.5 Å². The molecule has 2 heterocycles. The molecule has 3 heteroatoms. The summed E-state index contributed by atoms with van der Waals surface area (Å²) >= 11 is 0. The van der Waals surface area contributed by atoms with E-state index in [1.54, 1.807) is 0 Å². The van der Waals surface area contributed by atoms with Crippen LogP contribution in [0, 0.1) is 5.92 Å². The molecule has 0 aromatic carbocycles.